The third kappa shape index (κ3) is 13.0. The largest absolute Gasteiger partial charge is 0.471 e. The summed E-state index contributed by atoms with van der Waals surface area (Å²) in [4.78, 5) is 68.7. The van der Waals surface area contributed by atoms with Crippen LogP contribution in [0.15, 0.2) is 67.1 Å². The number of imidazole rings is 2. The van der Waals surface area contributed by atoms with Gasteiger partial charge in [-0.25, -0.2) is 14.8 Å². The minimum atomic E-state index is -0.677. The first-order valence-electron chi connectivity index (χ1n) is 20.2. The number of aromatic amines is 2. The lowest BCUT2D eigenvalue weighted by molar-refractivity contribution is -0.135. The summed E-state index contributed by atoms with van der Waals surface area (Å²) in [5.41, 5.74) is 6.79. The molecule has 1 aliphatic rings. The normalized spacial score (nSPS) is 13.8. The Morgan fingerprint density at radius 1 is 0.898 bits per heavy atom. The zero-order valence-electron chi connectivity index (χ0n) is 35.3. The van der Waals surface area contributed by atoms with Crippen molar-refractivity contribution in [1.82, 2.24) is 45.8 Å². The molecule has 15 heteroatoms. The maximum atomic E-state index is 13.5. The van der Waals surface area contributed by atoms with Gasteiger partial charge in [-0.2, -0.15) is 0 Å². The first-order chi connectivity index (χ1) is 28.6. The maximum absolute atomic E-state index is 13.5. The second-order valence-corrected chi connectivity index (χ2v) is 14.6. The van der Waals surface area contributed by atoms with Gasteiger partial charge in [0.1, 0.15) is 17.7 Å². The highest BCUT2D eigenvalue weighted by Gasteiger charge is 2.37. The van der Waals surface area contributed by atoms with Crippen molar-refractivity contribution in [2.75, 3.05) is 40.9 Å². The van der Waals surface area contributed by atoms with E-state index < -0.39 is 12.1 Å². The van der Waals surface area contributed by atoms with Crippen molar-refractivity contribution in [1.29, 1.82) is 0 Å². The molecule has 1 fully saturated rings. The molecule has 2 aromatic carbocycles. The van der Waals surface area contributed by atoms with Crippen LogP contribution < -0.4 is 16.0 Å². The molecule has 2 unspecified atom stereocenters. The number of benzene rings is 2. The van der Waals surface area contributed by atoms with Crippen molar-refractivity contribution in [3.05, 3.63) is 78.8 Å². The molecule has 316 valence electrons. The van der Waals surface area contributed by atoms with Gasteiger partial charge in [0, 0.05) is 42.2 Å². The average molecular weight is 810 g/mol. The van der Waals surface area contributed by atoms with Crippen LogP contribution in [0.3, 0.4) is 0 Å². The SMILES string of the molecule is CCC.CNCC(=O)NCCCCc1ncc(-c2ccc3cc(-c4ccc(-c5cnc(C6CCCN6C(=O)C(NC(=O)OC)C(C)C)[nH]5)cc4)cnc3c2)[nH]1.COC=O. The fraction of sp³-hybridized carbons (Fsp3) is 0.432. The number of fused-ring (bicyclic) bond motifs is 1. The van der Waals surface area contributed by atoms with Crippen LogP contribution >= 0.6 is 0 Å². The Labute approximate surface area is 346 Å². The number of alkyl carbamates (subject to hydrolysis) is 1. The second-order valence-electron chi connectivity index (χ2n) is 14.6. The first kappa shape index (κ1) is 45.6. The predicted octanol–water partition coefficient (Wildman–Crippen LogP) is 6.59. The van der Waals surface area contributed by atoms with Crippen molar-refractivity contribution in [2.45, 2.75) is 78.3 Å². The van der Waals surface area contributed by atoms with E-state index in [1.807, 2.05) is 37.3 Å². The van der Waals surface area contributed by atoms with E-state index in [2.05, 4.69) is 103 Å². The summed E-state index contributed by atoms with van der Waals surface area (Å²) in [6.45, 7) is 10.0. The highest BCUT2D eigenvalue weighted by molar-refractivity contribution is 5.88. The van der Waals surface area contributed by atoms with Gasteiger partial charge < -0.3 is 40.3 Å². The van der Waals surface area contributed by atoms with Gasteiger partial charge in [-0.05, 0) is 61.9 Å². The van der Waals surface area contributed by atoms with Crippen LogP contribution in [-0.2, 0) is 30.3 Å². The number of nitrogens with one attached hydrogen (secondary N) is 5. The van der Waals surface area contributed by atoms with E-state index in [1.54, 1.807) is 7.05 Å². The minimum absolute atomic E-state index is 0.00967. The molecule has 2 atom stereocenters. The lowest BCUT2D eigenvalue weighted by Gasteiger charge is -2.30. The Balaban J connectivity index is 0.00000102. The third-order valence-electron chi connectivity index (χ3n) is 9.59. The second kappa shape index (κ2) is 23.3. The zero-order valence-corrected chi connectivity index (χ0v) is 35.3. The Bertz CT molecular complexity index is 2100. The Hall–Kier alpha value is -6.09. The number of hydrogen-bond donors (Lipinski definition) is 5. The van der Waals surface area contributed by atoms with E-state index in [1.165, 1.54) is 20.6 Å². The number of pyridine rings is 1. The Morgan fingerprint density at radius 3 is 2.25 bits per heavy atom. The van der Waals surface area contributed by atoms with Crippen LogP contribution in [0.2, 0.25) is 0 Å². The number of H-pyrrole nitrogens is 2. The monoisotopic (exact) mass is 809 g/mol. The van der Waals surface area contributed by atoms with E-state index >= 15 is 0 Å². The molecule has 1 saturated heterocycles. The lowest BCUT2D eigenvalue weighted by Crippen LogP contribution is -2.51. The number of hydrogen-bond acceptors (Lipinski definition) is 10. The number of rotatable bonds is 15. The van der Waals surface area contributed by atoms with Crippen molar-refractivity contribution in [3.8, 4) is 33.6 Å². The first-order valence-corrected chi connectivity index (χ1v) is 20.2. The number of nitrogens with zero attached hydrogens (tertiary/aromatic N) is 4. The molecule has 6 rings (SSSR count). The number of carbonyl (C=O) groups is 4. The topological polar surface area (TPSA) is 196 Å². The molecule has 0 saturated carbocycles. The molecule has 0 radical (unpaired) electrons. The van der Waals surface area contributed by atoms with Crippen molar-refractivity contribution in [3.63, 3.8) is 0 Å². The molecular weight excluding hydrogens is 751 g/mol. The number of unbranched alkanes of at least 4 members (excludes halogenated alkanes) is 1. The quantitative estimate of drug-likeness (QED) is 0.0569. The smallest absolute Gasteiger partial charge is 0.407 e. The van der Waals surface area contributed by atoms with Gasteiger partial charge in [0.15, 0.2) is 0 Å². The van der Waals surface area contributed by atoms with Gasteiger partial charge in [0.25, 0.3) is 6.47 Å². The predicted molar refractivity (Wildman–Crippen MR) is 229 cm³/mol. The van der Waals surface area contributed by atoms with E-state index in [0.717, 1.165) is 88.3 Å². The maximum Gasteiger partial charge on any atom is 0.407 e. The van der Waals surface area contributed by atoms with E-state index in [4.69, 9.17) is 14.5 Å². The number of methoxy groups -OCH3 is 2. The molecule has 0 spiro atoms. The van der Waals surface area contributed by atoms with Crippen molar-refractivity contribution in [2.24, 2.45) is 5.92 Å². The van der Waals surface area contributed by atoms with Crippen LogP contribution in [0.5, 0.6) is 0 Å². The van der Waals surface area contributed by atoms with Crippen molar-refractivity contribution >= 4 is 35.3 Å². The van der Waals surface area contributed by atoms with Crippen LogP contribution in [0.1, 0.15) is 77.5 Å². The van der Waals surface area contributed by atoms with E-state index in [-0.39, 0.29) is 23.8 Å². The van der Waals surface area contributed by atoms with E-state index in [0.29, 0.717) is 26.1 Å². The number of ether oxygens (including phenoxy) is 2. The molecule has 4 heterocycles. The highest BCUT2D eigenvalue weighted by Crippen LogP contribution is 2.33. The number of aryl methyl sites for hydroxylation is 1. The summed E-state index contributed by atoms with van der Waals surface area (Å²) in [5, 5.41) is 9.49. The number of likely N-dealkylation sites (N-methyl/N-ethyl adjacent to an activating group) is 1. The van der Waals surface area contributed by atoms with Crippen LogP contribution in [0, 0.1) is 5.92 Å². The van der Waals surface area contributed by atoms with Crippen LogP contribution in [0.4, 0.5) is 4.79 Å². The molecule has 3 aromatic heterocycles. The Kier molecular flexibility index (Phi) is 18.0. The van der Waals surface area contributed by atoms with Crippen LogP contribution in [0.25, 0.3) is 44.5 Å². The van der Waals surface area contributed by atoms with Crippen molar-refractivity contribution < 1.29 is 28.7 Å². The summed E-state index contributed by atoms with van der Waals surface area (Å²) in [7, 11) is 4.36. The molecule has 15 nitrogen and oxygen atoms in total. The summed E-state index contributed by atoms with van der Waals surface area (Å²) in [6.07, 6.45) is 10.5. The molecule has 0 aliphatic carbocycles. The van der Waals surface area contributed by atoms with Crippen LogP contribution in [-0.4, -0.2) is 101 Å². The molecule has 3 amide bonds. The lowest BCUT2D eigenvalue weighted by atomic mass is 10.0. The van der Waals surface area contributed by atoms with E-state index in [9.17, 15) is 14.4 Å². The third-order valence-corrected chi connectivity index (χ3v) is 9.59. The minimum Gasteiger partial charge on any atom is -0.471 e. The van der Waals surface area contributed by atoms with Gasteiger partial charge in [-0.1, -0.05) is 70.5 Å². The Morgan fingerprint density at radius 2 is 1.58 bits per heavy atom. The molecule has 59 heavy (non-hydrogen) atoms. The standard InChI is InChI=1S/C39H47N9O4.C3H8.C2H4O2/c1-24(2)36(47-39(51)52-4)38(50)48-17-7-8-33(48)37-44-22-31(46-37)26-12-10-25(11-13-26)29-18-27-14-15-28(19-30(27)42-20-29)32-21-43-34(45-32)9-5-6-16-41-35(49)23-40-3;1-3-2;1-4-2-3/h10-15,18-22,24,33,36,40H,5-9,16-17,23H2,1-4H3,(H,41,49)(H,43,45)(H,44,46)(H,47,51);3H2,1-2H3;2H,1H3. The van der Waals surface area contributed by atoms with Gasteiger partial charge in [-0.3, -0.25) is 19.4 Å². The molecule has 5 aromatic rings. The number of likely N-dealkylation sites (tertiary alicyclic amines) is 1. The molecule has 0 bridgehead atoms. The zero-order chi connectivity index (χ0) is 42.7. The molecular formula is C44H59N9O6. The van der Waals surface area contributed by atoms with Gasteiger partial charge >= 0.3 is 6.09 Å². The fourth-order valence-corrected chi connectivity index (χ4v) is 6.64. The van der Waals surface area contributed by atoms with Gasteiger partial charge in [0.05, 0.1) is 56.1 Å². The van der Waals surface area contributed by atoms with Gasteiger partial charge in [-0.15, -0.1) is 0 Å². The summed E-state index contributed by atoms with van der Waals surface area (Å²) in [5.74, 6) is 1.44. The highest BCUT2D eigenvalue weighted by atomic mass is 16.5. The summed E-state index contributed by atoms with van der Waals surface area (Å²) < 4.78 is 8.61. The summed E-state index contributed by atoms with van der Waals surface area (Å²) >= 11 is 0. The average Bonchev–Trinajstić information content (AvgIpc) is 4.05. The number of carbonyl (C=O) groups excluding carboxylic acids is 4. The molecule has 5 N–H and O–H groups in total. The number of amides is 3. The number of aromatic nitrogens is 5. The summed E-state index contributed by atoms with van der Waals surface area (Å²) in [6, 6.07) is 15.8. The fourth-order valence-electron chi connectivity index (χ4n) is 6.64. The molecule has 1 aliphatic heterocycles. The van der Waals surface area contributed by atoms with Gasteiger partial charge in [0.2, 0.25) is 11.8 Å².